The summed E-state index contributed by atoms with van der Waals surface area (Å²) < 4.78 is 0. The largest absolute Gasteiger partial charge is 0.312 e. The highest BCUT2D eigenvalue weighted by molar-refractivity contribution is 5.22. The smallest absolute Gasteiger partial charge is 0.0243 e. The van der Waals surface area contributed by atoms with E-state index in [1.54, 1.807) is 0 Å². The van der Waals surface area contributed by atoms with Crippen LogP contribution in [0.4, 0.5) is 0 Å². The molecule has 0 radical (unpaired) electrons. The van der Waals surface area contributed by atoms with Gasteiger partial charge in [-0.25, -0.2) is 0 Å². The summed E-state index contributed by atoms with van der Waals surface area (Å²) in [6.45, 7) is 14.9. The van der Waals surface area contributed by atoms with E-state index in [-0.39, 0.29) is 0 Å². The maximum atomic E-state index is 3.74. The molecule has 1 aromatic carbocycles. The molecule has 2 rings (SSSR count). The molecule has 21 heavy (non-hydrogen) atoms. The third kappa shape index (κ3) is 4.55. The SMILES string of the molecule is CCc1ccc(CN2CC(C(C)(C)C)NCCC2C)cc1. The molecule has 1 aromatic rings. The molecular formula is C19H32N2. The molecule has 2 nitrogen and oxygen atoms in total. The van der Waals surface area contributed by atoms with Crippen LogP contribution in [0.2, 0.25) is 0 Å². The zero-order valence-corrected chi connectivity index (χ0v) is 14.4. The minimum absolute atomic E-state index is 0.314. The second-order valence-electron chi connectivity index (χ2n) is 7.61. The molecule has 0 bridgehead atoms. The quantitative estimate of drug-likeness (QED) is 0.909. The van der Waals surface area contributed by atoms with Gasteiger partial charge in [0.1, 0.15) is 0 Å². The Bertz CT molecular complexity index is 430. The summed E-state index contributed by atoms with van der Waals surface area (Å²) in [7, 11) is 0. The van der Waals surface area contributed by atoms with Crippen molar-refractivity contribution in [1.82, 2.24) is 10.2 Å². The van der Waals surface area contributed by atoms with Crippen LogP contribution >= 0.6 is 0 Å². The van der Waals surface area contributed by atoms with Gasteiger partial charge in [0.15, 0.2) is 0 Å². The summed E-state index contributed by atoms with van der Waals surface area (Å²) in [6.07, 6.45) is 2.36. The lowest BCUT2D eigenvalue weighted by Crippen LogP contribution is -2.47. The van der Waals surface area contributed by atoms with E-state index in [2.05, 4.69) is 69.1 Å². The highest BCUT2D eigenvalue weighted by Gasteiger charge is 2.30. The number of hydrogen-bond donors (Lipinski definition) is 1. The molecule has 2 heteroatoms. The van der Waals surface area contributed by atoms with E-state index in [4.69, 9.17) is 0 Å². The number of nitrogens with one attached hydrogen (secondary N) is 1. The Morgan fingerprint density at radius 1 is 1.14 bits per heavy atom. The van der Waals surface area contributed by atoms with Gasteiger partial charge >= 0.3 is 0 Å². The predicted octanol–water partition coefficient (Wildman–Crippen LogP) is 3.85. The Kier molecular flexibility index (Phi) is 5.45. The fraction of sp³-hybridized carbons (Fsp3) is 0.684. The molecule has 0 saturated carbocycles. The molecule has 2 atom stereocenters. The van der Waals surface area contributed by atoms with Crippen molar-refractivity contribution in [3.05, 3.63) is 35.4 Å². The molecule has 1 heterocycles. The monoisotopic (exact) mass is 288 g/mol. The van der Waals surface area contributed by atoms with Gasteiger partial charge in [0.25, 0.3) is 0 Å². The van der Waals surface area contributed by atoms with Crippen molar-refractivity contribution in [3.63, 3.8) is 0 Å². The van der Waals surface area contributed by atoms with Crippen molar-refractivity contribution in [2.24, 2.45) is 5.41 Å². The second kappa shape index (κ2) is 6.93. The molecule has 2 unspecified atom stereocenters. The van der Waals surface area contributed by atoms with Gasteiger partial charge in [-0.05, 0) is 42.9 Å². The van der Waals surface area contributed by atoms with Gasteiger partial charge < -0.3 is 5.32 Å². The molecule has 0 aromatic heterocycles. The van der Waals surface area contributed by atoms with E-state index < -0.39 is 0 Å². The van der Waals surface area contributed by atoms with Crippen molar-refractivity contribution in [1.29, 1.82) is 0 Å². The van der Waals surface area contributed by atoms with Gasteiger partial charge in [-0.2, -0.15) is 0 Å². The fourth-order valence-electron chi connectivity index (χ4n) is 3.04. The summed E-state index contributed by atoms with van der Waals surface area (Å²) in [5, 5.41) is 3.74. The second-order valence-corrected chi connectivity index (χ2v) is 7.61. The standard InChI is InChI=1S/C19H32N2/c1-6-16-7-9-17(10-8-16)13-21-14-18(19(3,4)5)20-12-11-15(21)2/h7-10,15,18,20H,6,11-14H2,1-5H3. The van der Waals surface area contributed by atoms with Crippen molar-refractivity contribution < 1.29 is 0 Å². The number of aryl methyl sites for hydroxylation is 1. The van der Waals surface area contributed by atoms with Crippen LogP contribution in [0.15, 0.2) is 24.3 Å². The average molecular weight is 288 g/mol. The molecule has 1 aliphatic heterocycles. The Morgan fingerprint density at radius 2 is 1.76 bits per heavy atom. The maximum Gasteiger partial charge on any atom is 0.0243 e. The van der Waals surface area contributed by atoms with E-state index in [1.165, 1.54) is 17.5 Å². The van der Waals surface area contributed by atoms with Crippen molar-refractivity contribution in [2.75, 3.05) is 13.1 Å². The lowest BCUT2D eigenvalue weighted by molar-refractivity contribution is 0.157. The Balaban J connectivity index is 2.07. The lowest BCUT2D eigenvalue weighted by Gasteiger charge is -2.35. The van der Waals surface area contributed by atoms with Crippen molar-refractivity contribution >= 4 is 0 Å². The van der Waals surface area contributed by atoms with Gasteiger partial charge in [-0.3, -0.25) is 4.90 Å². The van der Waals surface area contributed by atoms with Crippen LogP contribution in [0.25, 0.3) is 0 Å². The average Bonchev–Trinajstić information content (AvgIpc) is 2.62. The van der Waals surface area contributed by atoms with Crippen molar-refractivity contribution in [2.45, 2.75) is 66.1 Å². The first-order chi connectivity index (χ1) is 9.90. The van der Waals surface area contributed by atoms with Crippen LogP contribution in [-0.2, 0) is 13.0 Å². The molecule has 1 saturated heterocycles. The molecule has 1 aliphatic rings. The number of hydrogen-bond acceptors (Lipinski definition) is 2. The van der Waals surface area contributed by atoms with Gasteiger partial charge in [0.2, 0.25) is 0 Å². The van der Waals surface area contributed by atoms with E-state index in [0.717, 1.165) is 26.1 Å². The van der Waals surface area contributed by atoms with Crippen LogP contribution in [0.1, 0.15) is 52.2 Å². The number of benzene rings is 1. The zero-order chi connectivity index (χ0) is 15.5. The third-order valence-corrected chi connectivity index (χ3v) is 4.86. The minimum Gasteiger partial charge on any atom is -0.312 e. The first-order valence-electron chi connectivity index (χ1n) is 8.45. The first kappa shape index (κ1) is 16.5. The lowest BCUT2D eigenvalue weighted by atomic mass is 9.86. The molecule has 118 valence electrons. The third-order valence-electron chi connectivity index (χ3n) is 4.86. The summed E-state index contributed by atoms with van der Waals surface area (Å²) in [6, 6.07) is 10.4. The van der Waals surface area contributed by atoms with Crippen molar-refractivity contribution in [3.8, 4) is 0 Å². The van der Waals surface area contributed by atoms with Crippen LogP contribution in [0, 0.1) is 5.41 Å². The molecule has 0 spiro atoms. The van der Waals surface area contributed by atoms with Gasteiger partial charge in [-0.15, -0.1) is 0 Å². The molecule has 1 N–H and O–H groups in total. The molecule has 0 amide bonds. The molecule has 1 fully saturated rings. The fourth-order valence-corrected chi connectivity index (χ4v) is 3.04. The van der Waals surface area contributed by atoms with Crippen LogP contribution < -0.4 is 5.32 Å². The highest BCUT2D eigenvalue weighted by Crippen LogP contribution is 2.24. The minimum atomic E-state index is 0.314. The Labute approximate surface area is 130 Å². The summed E-state index contributed by atoms with van der Waals surface area (Å²) in [5.41, 5.74) is 3.18. The molecule has 0 aliphatic carbocycles. The Hall–Kier alpha value is -0.860. The highest BCUT2D eigenvalue weighted by atomic mass is 15.2. The van der Waals surface area contributed by atoms with Gasteiger partial charge in [-0.1, -0.05) is 52.0 Å². The first-order valence-corrected chi connectivity index (χ1v) is 8.45. The summed E-state index contributed by atoms with van der Waals surface area (Å²) in [4.78, 5) is 2.65. The zero-order valence-electron chi connectivity index (χ0n) is 14.4. The summed E-state index contributed by atoms with van der Waals surface area (Å²) >= 11 is 0. The van der Waals surface area contributed by atoms with Crippen LogP contribution in [-0.4, -0.2) is 30.1 Å². The Morgan fingerprint density at radius 3 is 2.33 bits per heavy atom. The number of rotatable bonds is 3. The number of nitrogens with zero attached hydrogens (tertiary/aromatic N) is 1. The molecular weight excluding hydrogens is 256 g/mol. The predicted molar refractivity (Wildman–Crippen MR) is 91.6 cm³/mol. The van der Waals surface area contributed by atoms with Gasteiger partial charge in [0, 0.05) is 25.2 Å². The normalized spacial score (nSPS) is 24.8. The van der Waals surface area contributed by atoms with E-state index >= 15 is 0 Å². The maximum absolute atomic E-state index is 3.74. The van der Waals surface area contributed by atoms with Crippen LogP contribution in [0.5, 0.6) is 0 Å². The topological polar surface area (TPSA) is 15.3 Å². The van der Waals surface area contributed by atoms with Gasteiger partial charge in [0.05, 0.1) is 0 Å². The summed E-state index contributed by atoms with van der Waals surface area (Å²) in [5.74, 6) is 0. The van der Waals surface area contributed by atoms with E-state index in [9.17, 15) is 0 Å². The van der Waals surface area contributed by atoms with Crippen LogP contribution in [0.3, 0.4) is 0 Å². The van der Waals surface area contributed by atoms with E-state index in [1.807, 2.05) is 0 Å². The van der Waals surface area contributed by atoms with E-state index in [0.29, 0.717) is 17.5 Å².